The van der Waals surface area contributed by atoms with Crippen LogP contribution in [-0.2, 0) is 56.9 Å². The highest BCUT2D eigenvalue weighted by molar-refractivity contribution is 5.59. The average Bonchev–Trinajstić information content (AvgIpc) is 1.62. The van der Waals surface area contributed by atoms with Crippen molar-refractivity contribution in [1.82, 2.24) is 0 Å². The Labute approximate surface area is 504 Å². The first-order valence-corrected chi connectivity index (χ1v) is 31.2. The van der Waals surface area contributed by atoms with Crippen LogP contribution in [0.3, 0.4) is 0 Å². The van der Waals surface area contributed by atoms with Crippen molar-refractivity contribution in [2.24, 2.45) is 50.2 Å². The molecule has 1 spiro atoms. The number of rotatable bonds is 15. The molecule has 0 aromatic carbocycles. The number of carbonyl (C=O) groups excluding carboxylic acids is 1. The number of aliphatic hydroxyl groups excluding tert-OH is 16. The van der Waals surface area contributed by atoms with E-state index in [0.717, 1.165) is 44.8 Å². The Bertz CT molecular complexity index is 2390. The monoisotopic (exact) mass is 1250 g/mol. The first-order valence-electron chi connectivity index (χ1n) is 31.2. The molecule has 35 atom stereocenters. The Hall–Kier alpha value is -1.41. The standard InChI is InChI=1S/C59H96O28/c1-53(2)29-7-11-56(5)30(8-12-59-31-15-54(3,22-64)13-14-58(31,23-78-59)32(65)16-57(56,59)6)55(29,4)10-9-33(53)84-51-46(86-49-42(74)39(71)35(67)25(18-61)80-49)37(69)28(21-77-51)83-52-47(87-50-43(75)40(72)36(68)26(19-62)81-50)44(76)45(27(20-63)82-52)85-48-41(73)38(70)34(66)24(17-60)79-48/h22,24-52,60-63,65-76H,7-21,23H2,1-6H3/t24?,25?,26?,27?,28?,29?,30?,31?,32-,33+,34?,35?,36?,37?,38?,39?,40?,41?,42?,43?,44?,45?,46?,47?,48?,49?,50?,51?,52?,54+,55+,56-,57+,58-,59+/m1/s1. The van der Waals surface area contributed by atoms with E-state index in [-0.39, 0.29) is 34.0 Å². The minimum atomic E-state index is -2.12. The Kier molecular flexibility index (Phi) is 18.8. The van der Waals surface area contributed by atoms with Crippen molar-refractivity contribution in [2.45, 2.75) is 271 Å². The van der Waals surface area contributed by atoms with Crippen LogP contribution in [0.2, 0.25) is 0 Å². The van der Waals surface area contributed by atoms with Gasteiger partial charge in [-0.1, -0.05) is 41.5 Å². The van der Waals surface area contributed by atoms with Gasteiger partial charge >= 0.3 is 0 Å². The van der Waals surface area contributed by atoms with Gasteiger partial charge in [-0.05, 0) is 98.2 Å². The molecule has 6 saturated heterocycles. The number of hydrogen-bond acceptors (Lipinski definition) is 28. The van der Waals surface area contributed by atoms with Crippen molar-refractivity contribution in [3.63, 3.8) is 0 Å². The molecule has 2 bridgehead atoms. The minimum Gasteiger partial charge on any atom is -0.394 e. The fourth-order valence-electron chi connectivity index (χ4n) is 19.2. The van der Waals surface area contributed by atoms with E-state index in [4.69, 9.17) is 52.1 Å². The maximum absolute atomic E-state index is 12.6. The summed E-state index contributed by atoms with van der Waals surface area (Å²) in [6, 6.07) is 0. The molecule has 11 fully saturated rings. The molecule has 28 nitrogen and oxygen atoms in total. The topological polar surface area (TPSA) is 442 Å². The second kappa shape index (κ2) is 24.4. The molecule has 87 heavy (non-hydrogen) atoms. The lowest BCUT2D eigenvalue weighted by Gasteiger charge is -2.75. The molecule has 0 amide bonds. The van der Waals surface area contributed by atoms with Crippen LogP contribution in [0.15, 0.2) is 0 Å². The maximum Gasteiger partial charge on any atom is 0.187 e. The van der Waals surface area contributed by atoms with Gasteiger partial charge < -0.3 is 139 Å². The predicted molar refractivity (Wildman–Crippen MR) is 289 cm³/mol. The molecule has 28 heteroatoms. The van der Waals surface area contributed by atoms with Crippen LogP contribution >= 0.6 is 0 Å². The van der Waals surface area contributed by atoms with Gasteiger partial charge in [-0.3, -0.25) is 0 Å². The third kappa shape index (κ3) is 10.5. The van der Waals surface area contributed by atoms with Gasteiger partial charge in [0.05, 0.1) is 57.5 Å². The quantitative estimate of drug-likeness (QED) is 0.0541. The number of carbonyl (C=O) groups is 1. The van der Waals surface area contributed by atoms with Crippen molar-refractivity contribution in [3.05, 3.63) is 0 Å². The molecular formula is C59H96O28. The van der Waals surface area contributed by atoms with Gasteiger partial charge in [0.15, 0.2) is 31.5 Å². The van der Waals surface area contributed by atoms with E-state index in [1.54, 1.807) is 0 Å². The Morgan fingerprint density at radius 2 is 0.966 bits per heavy atom. The van der Waals surface area contributed by atoms with Gasteiger partial charge in [0, 0.05) is 16.2 Å². The fourth-order valence-corrected chi connectivity index (χ4v) is 19.2. The van der Waals surface area contributed by atoms with Crippen molar-refractivity contribution < 1.29 is 139 Å². The molecule has 5 saturated carbocycles. The summed E-state index contributed by atoms with van der Waals surface area (Å²) >= 11 is 0. The zero-order chi connectivity index (χ0) is 63.0. The van der Waals surface area contributed by atoms with E-state index in [1.165, 1.54) is 0 Å². The highest BCUT2D eigenvalue weighted by Gasteiger charge is 2.80. The molecule has 11 rings (SSSR count). The summed E-state index contributed by atoms with van der Waals surface area (Å²) in [4.78, 5) is 12.6. The predicted octanol–water partition coefficient (Wildman–Crippen LogP) is -4.71. The van der Waals surface area contributed by atoms with E-state index in [9.17, 15) is 86.5 Å². The lowest BCUT2D eigenvalue weighted by Crippen LogP contribution is -2.74. The molecule has 27 unspecified atom stereocenters. The third-order valence-corrected chi connectivity index (χ3v) is 24.5. The molecule has 500 valence electrons. The summed E-state index contributed by atoms with van der Waals surface area (Å²) in [5.74, 6) is 0.292. The zero-order valence-corrected chi connectivity index (χ0v) is 50.2. The molecule has 11 aliphatic rings. The number of aldehydes is 1. The van der Waals surface area contributed by atoms with Gasteiger partial charge in [0.1, 0.15) is 122 Å². The highest BCUT2D eigenvalue weighted by atomic mass is 16.8. The molecule has 16 N–H and O–H groups in total. The summed E-state index contributed by atoms with van der Waals surface area (Å²) in [5.41, 5.74) is -2.93. The molecule has 6 aliphatic heterocycles. The number of hydrogen-bond donors (Lipinski definition) is 16. The van der Waals surface area contributed by atoms with E-state index in [2.05, 4.69) is 34.6 Å². The van der Waals surface area contributed by atoms with Crippen molar-refractivity contribution in [1.29, 1.82) is 0 Å². The van der Waals surface area contributed by atoms with E-state index in [1.807, 2.05) is 6.92 Å². The highest BCUT2D eigenvalue weighted by Crippen LogP contribution is 2.80. The van der Waals surface area contributed by atoms with Crippen molar-refractivity contribution in [3.8, 4) is 0 Å². The SMILES string of the molecule is CC1(C)C2CC[C@]3(C)C(CC[C@]45OC[C@@]6(CC[C@](C)(C=O)CC64)[C@H](O)C[C@]53C)[C@@]2(C)CC[C@@H]1OC1OCC(OC2OC(CO)C(OC3OC(CO)C(O)C(O)C3O)C(O)C2OC2OC(CO)C(O)C(O)C2O)C(O)C1OC1OC(CO)C(O)C(O)C1O. The Balaban J connectivity index is 0.861. The second-order valence-electron chi connectivity index (χ2n) is 29.1. The van der Waals surface area contributed by atoms with Gasteiger partial charge in [-0.2, -0.15) is 0 Å². The van der Waals surface area contributed by atoms with Crippen LogP contribution in [-0.4, -0.2) is 293 Å². The first kappa shape index (κ1) is 67.0. The number of ether oxygens (including phenoxy) is 11. The van der Waals surface area contributed by atoms with Gasteiger partial charge in [-0.15, -0.1) is 0 Å². The molecule has 0 aromatic rings. The molecule has 0 aromatic heterocycles. The van der Waals surface area contributed by atoms with E-state index in [0.29, 0.717) is 32.3 Å². The van der Waals surface area contributed by atoms with Crippen LogP contribution < -0.4 is 0 Å². The summed E-state index contributed by atoms with van der Waals surface area (Å²) in [6.07, 6.45) is -36.7. The maximum atomic E-state index is 12.6. The van der Waals surface area contributed by atoms with Crippen molar-refractivity contribution >= 4 is 6.29 Å². The summed E-state index contributed by atoms with van der Waals surface area (Å²) in [5, 5.41) is 175. The summed E-state index contributed by atoms with van der Waals surface area (Å²) < 4.78 is 68.4. The lowest BCUT2D eigenvalue weighted by atomic mass is 9.30. The van der Waals surface area contributed by atoms with Crippen LogP contribution in [0, 0.1) is 50.2 Å². The summed E-state index contributed by atoms with van der Waals surface area (Å²) in [6.45, 7) is 9.83. The minimum absolute atomic E-state index is 0.0335. The van der Waals surface area contributed by atoms with E-state index >= 15 is 0 Å². The third-order valence-electron chi connectivity index (χ3n) is 24.5. The van der Waals surface area contributed by atoms with Crippen LogP contribution in [0.5, 0.6) is 0 Å². The lowest BCUT2D eigenvalue weighted by molar-refractivity contribution is -0.405. The normalized spacial score (nSPS) is 57.4. The van der Waals surface area contributed by atoms with Crippen LogP contribution in [0.1, 0.15) is 106 Å². The van der Waals surface area contributed by atoms with E-state index < -0.39 is 215 Å². The largest absolute Gasteiger partial charge is 0.394 e. The zero-order valence-electron chi connectivity index (χ0n) is 50.2. The molecule has 0 radical (unpaired) electrons. The number of aliphatic hydroxyl groups is 16. The molecular weight excluding hydrogens is 1160 g/mol. The molecule has 6 heterocycles. The van der Waals surface area contributed by atoms with Crippen LogP contribution in [0.4, 0.5) is 0 Å². The van der Waals surface area contributed by atoms with Gasteiger partial charge in [0.25, 0.3) is 0 Å². The van der Waals surface area contributed by atoms with Crippen molar-refractivity contribution in [2.75, 3.05) is 39.6 Å². The number of fused-ring (bicyclic) bond motifs is 4. The van der Waals surface area contributed by atoms with Gasteiger partial charge in [-0.25, -0.2) is 0 Å². The average molecular weight is 1250 g/mol. The van der Waals surface area contributed by atoms with Crippen LogP contribution in [0.25, 0.3) is 0 Å². The molecule has 5 aliphatic carbocycles. The smallest absolute Gasteiger partial charge is 0.187 e. The summed E-state index contributed by atoms with van der Waals surface area (Å²) in [7, 11) is 0. The Morgan fingerprint density at radius 1 is 0.460 bits per heavy atom. The first-order chi connectivity index (χ1) is 41.0. The second-order valence-corrected chi connectivity index (χ2v) is 29.1. The Morgan fingerprint density at radius 3 is 1.49 bits per heavy atom. The fraction of sp³-hybridized carbons (Fsp3) is 0.983. The van der Waals surface area contributed by atoms with Gasteiger partial charge in [0.2, 0.25) is 0 Å².